The Balaban J connectivity index is 1.91. The molecule has 3 heterocycles. The Labute approximate surface area is 196 Å². The van der Waals surface area contributed by atoms with Crippen molar-refractivity contribution in [2.24, 2.45) is 0 Å². The van der Waals surface area contributed by atoms with Crippen LogP contribution in [0.4, 0.5) is 13.2 Å². The van der Waals surface area contributed by atoms with Crippen molar-refractivity contribution in [1.29, 1.82) is 0 Å². The van der Waals surface area contributed by atoms with E-state index in [1.165, 1.54) is 18.3 Å². The maximum absolute atomic E-state index is 13.7. The van der Waals surface area contributed by atoms with Crippen LogP contribution in [0.3, 0.4) is 0 Å². The number of alkyl halides is 3. The summed E-state index contributed by atoms with van der Waals surface area (Å²) in [7, 11) is -4.83. The number of nitrogens with zero attached hydrogens (tertiary/aromatic N) is 4. The highest BCUT2D eigenvalue weighted by atomic mass is 32.2. The van der Waals surface area contributed by atoms with E-state index < -0.39 is 29.9 Å². The summed E-state index contributed by atoms with van der Waals surface area (Å²) in [6.07, 6.45) is -1.10. The standard InChI is InChI=1S/C22H25F3N4O3SSi/c1-33(30,31)17-7-5-6-15(10-17)18-11-19-20(28(18)14-32-8-9-34(2,3)4)26-12-16-13-27-21(29(16)19)22(23,24)25/h5-7,10-13H,8-9,14H2,1-4H3. The Morgan fingerprint density at radius 2 is 1.79 bits per heavy atom. The van der Waals surface area contributed by atoms with Gasteiger partial charge in [-0.2, -0.15) is 13.2 Å². The second kappa shape index (κ2) is 8.50. The van der Waals surface area contributed by atoms with Crippen LogP contribution in [0.1, 0.15) is 5.82 Å². The number of hydrogen-bond donors (Lipinski definition) is 0. The van der Waals surface area contributed by atoms with Gasteiger partial charge in [-0.05, 0) is 29.8 Å². The lowest BCUT2D eigenvalue weighted by atomic mass is 10.1. The fourth-order valence-corrected chi connectivity index (χ4v) is 5.07. The normalized spacial score (nSPS) is 13.3. The van der Waals surface area contributed by atoms with Gasteiger partial charge in [0.15, 0.2) is 15.5 Å². The smallest absolute Gasteiger partial charge is 0.361 e. The predicted octanol–water partition coefficient (Wildman–Crippen LogP) is 5.09. The predicted molar refractivity (Wildman–Crippen MR) is 126 cm³/mol. The van der Waals surface area contributed by atoms with Crippen LogP contribution in [-0.2, 0) is 27.5 Å². The molecule has 3 aromatic heterocycles. The first-order chi connectivity index (χ1) is 15.8. The quantitative estimate of drug-likeness (QED) is 0.256. The number of sulfone groups is 1. The van der Waals surface area contributed by atoms with E-state index in [2.05, 4.69) is 29.6 Å². The van der Waals surface area contributed by atoms with E-state index in [0.29, 0.717) is 17.9 Å². The third kappa shape index (κ3) is 4.89. The van der Waals surface area contributed by atoms with E-state index in [1.54, 1.807) is 22.8 Å². The number of rotatable bonds is 7. The van der Waals surface area contributed by atoms with Gasteiger partial charge in [-0.1, -0.05) is 31.8 Å². The molecule has 0 atom stereocenters. The van der Waals surface area contributed by atoms with E-state index >= 15 is 0 Å². The minimum absolute atomic E-state index is 0.0565. The molecule has 0 bridgehead atoms. The van der Waals surface area contributed by atoms with E-state index in [4.69, 9.17) is 4.74 Å². The van der Waals surface area contributed by atoms with Crippen LogP contribution in [0.5, 0.6) is 0 Å². The number of halogens is 3. The average Bonchev–Trinajstić information content (AvgIpc) is 3.31. The molecule has 4 aromatic rings. The Bertz CT molecular complexity index is 1470. The number of fused-ring (bicyclic) bond motifs is 3. The van der Waals surface area contributed by atoms with Crippen molar-refractivity contribution in [3.63, 3.8) is 0 Å². The second-order valence-electron chi connectivity index (χ2n) is 9.41. The Morgan fingerprint density at radius 3 is 2.44 bits per heavy atom. The van der Waals surface area contributed by atoms with E-state index in [1.807, 2.05) is 0 Å². The van der Waals surface area contributed by atoms with Crippen molar-refractivity contribution < 1.29 is 26.3 Å². The van der Waals surface area contributed by atoms with Gasteiger partial charge in [-0.15, -0.1) is 0 Å². The van der Waals surface area contributed by atoms with Crippen molar-refractivity contribution in [1.82, 2.24) is 18.9 Å². The van der Waals surface area contributed by atoms with Crippen molar-refractivity contribution in [3.8, 4) is 11.3 Å². The minimum atomic E-state index is -4.66. The molecule has 7 nitrogen and oxygen atoms in total. The molecular weight excluding hydrogens is 485 g/mol. The molecule has 0 fully saturated rings. The van der Waals surface area contributed by atoms with Gasteiger partial charge in [0.1, 0.15) is 6.73 Å². The molecule has 0 aliphatic rings. The fourth-order valence-electron chi connectivity index (χ4n) is 3.65. The topological polar surface area (TPSA) is 78.5 Å². The Kier molecular flexibility index (Phi) is 6.11. The summed E-state index contributed by atoms with van der Waals surface area (Å²) in [6.45, 7) is 7.22. The highest BCUT2D eigenvalue weighted by Crippen LogP contribution is 2.34. The molecule has 0 aliphatic carbocycles. The maximum Gasteiger partial charge on any atom is 0.450 e. The van der Waals surface area contributed by atoms with Crippen molar-refractivity contribution >= 4 is 34.6 Å². The molecule has 34 heavy (non-hydrogen) atoms. The lowest BCUT2D eigenvalue weighted by molar-refractivity contribution is -0.145. The Morgan fingerprint density at radius 1 is 1.09 bits per heavy atom. The summed E-state index contributed by atoms with van der Waals surface area (Å²) in [5.41, 5.74) is 1.71. The SMILES string of the molecule is C[Si](C)(C)CCOCn1c(-c2cccc(S(C)(=O)=O)c2)cc2c1ncc1cnc(C(F)(F)F)n12. The van der Waals surface area contributed by atoms with Gasteiger partial charge in [0.25, 0.3) is 0 Å². The molecule has 12 heteroatoms. The van der Waals surface area contributed by atoms with Crippen molar-refractivity contribution in [2.75, 3.05) is 12.9 Å². The highest BCUT2D eigenvalue weighted by molar-refractivity contribution is 7.90. The molecule has 1 aromatic carbocycles. The average molecular weight is 511 g/mol. The van der Waals surface area contributed by atoms with Gasteiger partial charge in [0, 0.05) is 20.9 Å². The molecule has 0 amide bonds. The zero-order valence-electron chi connectivity index (χ0n) is 19.2. The minimum Gasteiger partial charge on any atom is -0.361 e. The summed E-state index contributed by atoms with van der Waals surface area (Å²) < 4.78 is 73.8. The molecule has 0 N–H and O–H groups in total. The summed E-state index contributed by atoms with van der Waals surface area (Å²) in [5.74, 6) is -1.05. The van der Waals surface area contributed by atoms with Crippen LogP contribution in [0.2, 0.25) is 25.7 Å². The zero-order valence-corrected chi connectivity index (χ0v) is 21.0. The molecule has 0 saturated carbocycles. The molecule has 0 radical (unpaired) electrons. The number of ether oxygens (including phenoxy) is 1. The first-order valence-corrected chi connectivity index (χ1v) is 16.2. The van der Waals surface area contributed by atoms with Crippen LogP contribution in [-0.4, -0.2) is 48.3 Å². The summed E-state index contributed by atoms with van der Waals surface area (Å²) in [5, 5.41) is 0. The second-order valence-corrected chi connectivity index (χ2v) is 17.0. The van der Waals surface area contributed by atoms with Gasteiger partial charge in [-0.25, -0.2) is 18.4 Å². The first kappa shape index (κ1) is 24.4. The van der Waals surface area contributed by atoms with E-state index in [0.717, 1.165) is 22.9 Å². The van der Waals surface area contributed by atoms with Crippen molar-refractivity contribution in [3.05, 3.63) is 48.5 Å². The van der Waals surface area contributed by atoms with Crippen LogP contribution in [0.25, 0.3) is 27.9 Å². The van der Waals surface area contributed by atoms with Gasteiger partial charge in [-0.3, -0.25) is 4.40 Å². The largest absolute Gasteiger partial charge is 0.450 e. The molecule has 0 unspecified atom stereocenters. The van der Waals surface area contributed by atoms with Gasteiger partial charge in [0.2, 0.25) is 5.82 Å². The summed E-state index contributed by atoms with van der Waals surface area (Å²) >= 11 is 0. The summed E-state index contributed by atoms with van der Waals surface area (Å²) in [6, 6.07) is 8.76. The molecule has 0 saturated heterocycles. The van der Waals surface area contributed by atoms with Crippen LogP contribution < -0.4 is 0 Å². The number of benzene rings is 1. The third-order valence-corrected chi connectivity index (χ3v) is 8.24. The van der Waals surface area contributed by atoms with Gasteiger partial charge < -0.3 is 9.30 Å². The van der Waals surface area contributed by atoms with Crippen LogP contribution in [0, 0.1) is 0 Å². The molecule has 0 aliphatic heterocycles. The number of hydrogen-bond acceptors (Lipinski definition) is 5. The molecular formula is C22H25F3N4O3SSi. The first-order valence-electron chi connectivity index (χ1n) is 10.6. The number of aromatic nitrogens is 4. The zero-order chi connectivity index (χ0) is 24.9. The molecule has 0 spiro atoms. The van der Waals surface area contributed by atoms with Crippen molar-refractivity contribution in [2.45, 2.75) is 43.5 Å². The summed E-state index contributed by atoms with van der Waals surface area (Å²) in [4.78, 5) is 8.06. The van der Waals surface area contributed by atoms with Gasteiger partial charge in [0.05, 0.1) is 34.0 Å². The highest BCUT2D eigenvalue weighted by Gasteiger charge is 2.37. The fraction of sp³-hybridized carbons (Fsp3) is 0.364. The lowest BCUT2D eigenvalue weighted by Gasteiger charge is -2.17. The van der Waals surface area contributed by atoms with E-state index in [9.17, 15) is 21.6 Å². The van der Waals surface area contributed by atoms with Crippen LogP contribution in [0.15, 0.2) is 47.6 Å². The monoisotopic (exact) mass is 510 g/mol. The number of imidazole rings is 1. The lowest BCUT2D eigenvalue weighted by Crippen LogP contribution is -2.22. The molecule has 4 rings (SSSR count). The van der Waals surface area contributed by atoms with Crippen LogP contribution >= 0.6 is 0 Å². The Hall–Kier alpha value is -2.70. The van der Waals surface area contributed by atoms with E-state index in [-0.39, 0.29) is 28.3 Å². The maximum atomic E-state index is 13.7. The third-order valence-electron chi connectivity index (χ3n) is 5.43. The van der Waals surface area contributed by atoms with Gasteiger partial charge >= 0.3 is 6.18 Å². The molecule has 182 valence electrons.